The van der Waals surface area contributed by atoms with Crippen LogP contribution in [0.15, 0.2) is 47.4 Å². The molecule has 0 N–H and O–H groups in total. The number of hydrogen-bond acceptors (Lipinski definition) is 7. The zero-order valence-electron chi connectivity index (χ0n) is 19.6. The molecule has 2 aliphatic heterocycles. The predicted octanol–water partition coefficient (Wildman–Crippen LogP) is 2.17. The van der Waals surface area contributed by atoms with Crippen molar-refractivity contribution in [2.75, 3.05) is 52.7 Å². The van der Waals surface area contributed by atoms with Crippen LogP contribution in [0, 0.1) is 0 Å². The van der Waals surface area contributed by atoms with E-state index >= 15 is 0 Å². The summed E-state index contributed by atoms with van der Waals surface area (Å²) in [4.78, 5) is 17.1. The van der Waals surface area contributed by atoms with Gasteiger partial charge in [0, 0.05) is 39.3 Å². The molecule has 1 saturated heterocycles. The van der Waals surface area contributed by atoms with Crippen LogP contribution >= 0.6 is 0 Å². The van der Waals surface area contributed by atoms with E-state index in [2.05, 4.69) is 4.90 Å². The lowest BCUT2D eigenvalue weighted by atomic mass is 10.1. The van der Waals surface area contributed by atoms with E-state index in [0.717, 1.165) is 36.7 Å². The highest BCUT2D eigenvalue weighted by Gasteiger charge is 2.29. The number of amides is 1. The Labute approximate surface area is 200 Å². The van der Waals surface area contributed by atoms with Crippen molar-refractivity contribution in [2.24, 2.45) is 0 Å². The molecule has 4 rings (SSSR count). The maximum Gasteiger partial charge on any atom is 0.243 e. The number of sulfonamides is 1. The van der Waals surface area contributed by atoms with Gasteiger partial charge in [-0.3, -0.25) is 9.69 Å². The summed E-state index contributed by atoms with van der Waals surface area (Å²) in [7, 11) is -3.78. The first-order chi connectivity index (χ1) is 16.4. The molecule has 0 unspecified atom stereocenters. The minimum atomic E-state index is -3.78. The number of benzene rings is 2. The Morgan fingerprint density at radius 1 is 1.00 bits per heavy atom. The smallest absolute Gasteiger partial charge is 0.243 e. The molecule has 1 fully saturated rings. The van der Waals surface area contributed by atoms with Gasteiger partial charge >= 0.3 is 0 Å². The van der Waals surface area contributed by atoms with Crippen molar-refractivity contribution < 1.29 is 27.4 Å². The maximum absolute atomic E-state index is 13.1. The van der Waals surface area contributed by atoms with E-state index < -0.39 is 10.0 Å². The lowest BCUT2D eigenvalue weighted by Crippen LogP contribution is -2.51. The number of nitrogens with zero attached hydrogens (tertiary/aromatic N) is 3. The van der Waals surface area contributed by atoms with Crippen molar-refractivity contribution in [3.8, 4) is 17.2 Å². The number of carbonyl (C=O) groups is 1. The molecule has 0 spiro atoms. The molecule has 0 saturated carbocycles. The molecular weight excluding hydrogens is 458 g/mol. The normalized spacial score (nSPS) is 16.1. The summed E-state index contributed by atoms with van der Waals surface area (Å²) in [5.41, 5.74) is 1.13. The van der Waals surface area contributed by atoms with Gasteiger partial charge in [0.25, 0.3) is 0 Å². The monoisotopic (exact) mass is 489 g/mol. The van der Waals surface area contributed by atoms with Crippen molar-refractivity contribution in [3.05, 3.63) is 48.0 Å². The van der Waals surface area contributed by atoms with Crippen molar-refractivity contribution in [1.82, 2.24) is 14.1 Å². The number of fused-ring (bicyclic) bond motifs is 1. The van der Waals surface area contributed by atoms with Crippen LogP contribution in [0.2, 0.25) is 0 Å². The molecule has 0 aromatic heterocycles. The van der Waals surface area contributed by atoms with E-state index in [1.165, 1.54) is 16.4 Å². The largest absolute Gasteiger partial charge is 0.494 e. The minimum absolute atomic E-state index is 0.152. The van der Waals surface area contributed by atoms with Crippen LogP contribution in [0.4, 0.5) is 0 Å². The third kappa shape index (κ3) is 5.45. The first-order valence-electron chi connectivity index (χ1n) is 11.5. The minimum Gasteiger partial charge on any atom is -0.494 e. The van der Waals surface area contributed by atoms with Crippen LogP contribution in [0.3, 0.4) is 0 Å². The molecule has 0 radical (unpaired) electrons. The highest BCUT2D eigenvalue weighted by Crippen LogP contribution is 2.32. The van der Waals surface area contributed by atoms with Gasteiger partial charge < -0.3 is 19.1 Å². The fraction of sp³-hybridized carbons (Fsp3) is 0.458. The van der Waals surface area contributed by atoms with Crippen LogP contribution < -0.4 is 14.2 Å². The van der Waals surface area contributed by atoms with E-state index in [1.807, 2.05) is 25.1 Å². The summed E-state index contributed by atoms with van der Waals surface area (Å²) in [5, 5.41) is 0. The first-order valence-corrected chi connectivity index (χ1v) is 13.0. The van der Waals surface area contributed by atoms with Crippen LogP contribution in [-0.4, -0.2) is 81.1 Å². The summed E-state index contributed by atoms with van der Waals surface area (Å²) in [6.07, 6.45) is 0. The van der Waals surface area contributed by atoms with E-state index in [9.17, 15) is 13.2 Å². The average molecular weight is 490 g/mol. The van der Waals surface area contributed by atoms with E-state index in [0.29, 0.717) is 25.4 Å². The predicted molar refractivity (Wildman–Crippen MR) is 126 cm³/mol. The zero-order valence-corrected chi connectivity index (χ0v) is 20.4. The average Bonchev–Trinajstić information content (AvgIpc) is 3.31. The summed E-state index contributed by atoms with van der Waals surface area (Å²) >= 11 is 0. The highest BCUT2D eigenvalue weighted by molar-refractivity contribution is 7.89. The van der Waals surface area contributed by atoms with E-state index in [4.69, 9.17) is 14.2 Å². The quantitative estimate of drug-likeness (QED) is 0.533. The number of piperazine rings is 1. The maximum atomic E-state index is 13.1. The van der Waals surface area contributed by atoms with E-state index in [1.54, 1.807) is 24.0 Å². The molecule has 2 aromatic rings. The Hall–Kier alpha value is -2.82. The molecule has 184 valence electrons. The SMILES string of the molecule is CCOc1ccc(S(=O)(=O)N(CC)CC(=O)N2CCN(Cc3ccc4c(c3)OCO4)CC2)cc1. The molecule has 0 aliphatic carbocycles. The van der Waals surface area contributed by atoms with Gasteiger partial charge in [0.15, 0.2) is 11.5 Å². The van der Waals surface area contributed by atoms with Gasteiger partial charge in [-0.05, 0) is 48.9 Å². The molecule has 0 bridgehead atoms. The van der Waals surface area contributed by atoms with Crippen LogP contribution in [0.5, 0.6) is 17.2 Å². The van der Waals surface area contributed by atoms with Crippen molar-refractivity contribution in [1.29, 1.82) is 0 Å². The van der Waals surface area contributed by atoms with Crippen molar-refractivity contribution >= 4 is 15.9 Å². The molecule has 2 heterocycles. The Bertz CT molecular complexity index is 1100. The summed E-state index contributed by atoms with van der Waals surface area (Å²) < 4.78 is 43.6. The summed E-state index contributed by atoms with van der Waals surface area (Å²) in [5.74, 6) is 1.96. The number of hydrogen-bond donors (Lipinski definition) is 0. The van der Waals surface area contributed by atoms with Crippen LogP contribution in [0.25, 0.3) is 0 Å². The highest BCUT2D eigenvalue weighted by atomic mass is 32.2. The fourth-order valence-electron chi connectivity index (χ4n) is 4.09. The Morgan fingerprint density at radius 2 is 1.71 bits per heavy atom. The fourth-order valence-corrected chi connectivity index (χ4v) is 5.49. The second-order valence-electron chi connectivity index (χ2n) is 8.18. The van der Waals surface area contributed by atoms with Crippen molar-refractivity contribution in [3.63, 3.8) is 0 Å². The van der Waals surface area contributed by atoms with Crippen LogP contribution in [0.1, 0.15) is 19.4 Å². The van der Waals surface area contributed by atoms with Crippen LogP contribution in [-0.2, 0) is 21.4 Å². The molecule has 2 aliphatic rings. The molecule has 10 heteroatoms. The Morgan fingerprint density at radius 3 is 2.38 bits per heavy atom. The van der Waals surface area contributed by atoms with Gasteiger partial charge in [0.1, 0.15) is 5.75 Å². The van der Waals surface area contributed by atoms with Gasteiger partial charge in [-0.2, -0.15) is 4.31 Å². The number of ether oxygens (including phenoxy) is 3. The zero-order chi connectivity index (χ0) is 24.1. The number of carbonyl (C=O) groups excluding carboxylic acids is 1. The Kier molecular flexibility index (Phi) is 7.60. The van der Waals surface area contributed by atoms with Gasteiger partial charge in [0.2, 0.25) is 22.7 Å². The van der Waals surface area contributed by atoms with Gasteiger partial charge in [-0.1, -0.05) is 13.0 Å². The number of rotatable bonds is 9. The Balaban J connectivity index is 1.31. The molecule has 1 amide bonds. The molecule has 2 aromatic carbocycles. The lowest BCUT2D eigenvalue weighted by Gasteiger charge is -2.35. The molecule has 9 nitrogen and oxygen atoms in total. The summed E-state index contributed by atoms with van der Waals surface area (Å²) in [6, 6.07) is 12.2. The first kappa shape index (κ1) is 24.3. The topological polar surface area (TPSA) is 88.6 Å². The van der Waals surface area contributed by atoms with Gasteiger partial charge in [-0.25, -0.2) is 8.42 Å². The molecule has 34 heavy (non-hydrogen) atoms. The van der Waals surface area contributed by atoms with Crippen molar-refractivity contribution in [2.45, 2.75) is 25.3 Å². The second-order valence-corrected chi connectivity index (χ2v) is 10.1. The standard InChI is InChI=1S/C24H31N3O6S/c1-3-27(34(29,30)21-8-6-20(7-9-21)31-4-2)17-24(28)26-13-11-25(12-14-26)16-19-5-10-22-23(15-19)33-18-32-22/h5-10,15H,3-4,11-14,16-18H2,1-2H3. The van der Waals surface area contributed by atoms with Gasteiger partial charge in [-0.15, -0.1) is 0 Å². The molecule has 0 atom stereocenters. The second kappa shape index (κ2) is 10.6. The summed E-state index contributed by atoms with van der Waals surface area (Å²) in [6.45, 7) is 7.72. The van der Waals surface area contributed by atoms with Gasteiger partial charge in [0.05, 0.1) is 18.0 Å². The third-order valence-electron chi connectivity index (χ3n) is 6.00. The lowest BCUT2D eigenvalue weighted by molar-refractivity contribution is -0.133. The third-order valence-corrected chi connectivity index (χ3v) is 7.94. The molecular formula is C24H31N3O6S. The van der Waals surface area contributed by atoms with E-state index in [-0.39, 0.29) is 30.7 Å². The number of likely N-dealkylation sites (N-methyl/N-ethyl adjacent to an activating group) is 1.